The number of pyridine rings is 1. The number of hydrogen-bond acceptors (Lipinski definition) is 3. The van der Waals surface area contributed by atoms with Crippen LogP contribution in [-0.4, -0.2) is 14.1 Å². The smallest absolute Gasteiger partial charge is 0.171 e. The molecule has 278 valence electrons. The Kier molecular flexibility index (Phi) is 7.65. The average molecular weight is 792 g/mol. The molecule has 0 fully saturated rings. The highest BCUT2D eigenvalue weighted by Crippen LogP contribution is 2.46. The van der Waals surface area contributed by atoms with Crippen molar-refractivity contribution in [2.24, 2.45) is 0 Å². The van der Waals surface area contributed by atoms with Crippen LogP contribution in [0.2, 0.25) is 0 Å². The molecule has 12 rings (SSSR count). The molecule has 1 atom stereocenters. The van der Waals surface area contributed by atoms with Crippen LogP contribution in [0.4, 0.5) is 0 Å². The summed E-state index contributed by atoms with van der Waals surface area (Å²) in [5.74, 6) is 0. The van der Waals surface area contributed by atoms with Gasteiger partial charge in [0.15, 0.2) is 7.14 Å². The van der Waals surface area contributed by atoms with Gasteiger partial charge in [-0.25, -0.2) is 0 Å². The molecule has 6 heteroatoms. The van der Waals surface area contributed by atoms with Crippen molar-refractivity contribution in [3.8, 4) is 22.5 Å². The first kappa shape index (κ1) is 34.0. The van der Waals surface area contributed by atoms with Gasteiger partial charge in [0.2, 0.25) is 0 Å². The molecule has 0 saturated carbocycles. The van der Waals surface area contributed by atoms with E-state index < -0.39 is 7.14 Å². The minimum absolute atomic E-state index is 0.802. The summed E-state index contributed by atoms with van der Waals surface area (Å²) < 4.78 is 23.8. The van der Waals surface area contributed by atoms with Gasteiger partial charge in [0, 0.05) is 76.7 Å². The van der Waals surface area contributed by atoms with Gasteiger partial charge in [0.05, 0.1) is 26.8 Å². The van der Waals surface area contributed by atoms with E-state index in [1.807, 2.05) is 30.6 Å². The van der Waals surface area contributed by atoms with Crippen molar-refractivity contribution in [1.29, 1.82) is 0 Å². The fraction of sp³-hybridized carbons (Fsp3) is 0. The van der Waals surface area contributed by atoms with Crippen LogP contribution in [0.5, 0.6) is 0 Å². The van der Waals surface area contributed by atoms with Crippen LogP contribution in [0.3, 0.4) is 0 Å². The van der Waals surface area contributed by atoms with Crippen molar-refractivity contribution in [2.75, 3.05) is 0 Å². The molecule has 0 radical (unpaired) electrons. The Bertz CT molecular complexity index is 3660. The highest BCUT2D eigenvalue weighted by molar-refractivity contribution is 7.85. The molecule has 59 heavy (non-hydrogen) atoms. The predicted octanol–water partition coefficient (Wildman–Crippen LogP) is 13.0. The third-order valence-corrected chi connectivity index (χ3v) is 16.0. The van der Waals surface area contributed by atoms with Crippen molar-refractivity contribution < 1.29 is 4.57 Å². The second kappa shape index (κ2) is 13.3. The molecule has 0 aliphatic carbocycles. The van der Waals surface area contributed by atoms with E-state index in [0.717, 1.165) is 82.0 Å². The van der Waals surface area contributed by atoms with Crippen LogP contribution in [0, 0.1) is 0 Å². The quantitative estimate of drug-likeness (QED) is 0.157. The zero-order valence-corrected chi connectivity index (χ0v) is 33.4. The summed E-state index contributed by atoms with van der Waals surface area (Å²) in [7, 11) is -3.49. The zero-order valence-electron chi connectivity index (χ0n) is 31.7. The van der Waals surface area contributed by atoms with Crippen molar-refractivity contribution in [1.82, 2.24) is 14.1 Å². The zero-order chi connectivity index (χ0) is 39.1. The summed E-state index contributed by atoms with van der Waals surface area (Å²) in [5, 5.41) is 9.24. The molecule has 0 saturated heterocycles. The van der Waals surface area contributed by atoms with Crippen LogP contribution < -0.4 is 15.9 Å². The molecule has 4 nitrogen and oxygen atoms in total. The van der Waals surface area contributed by atoms with Gasteiger partial charge in [-0.2, -0.15) is 0 Å². The predicted molar refractivity (Wildman–Crippen MR) is 251 cm³/mol. The van der Waals surface area contributed by atoms with Gasteiger partial charge in [-0.05, 0) is 102 Å². The summed E-state index contributed by atoms with van der Waals surface area (Å²) in [5.41, 5.74) is 8.68. The van der Waals surface area contributed by atoms with E-state index in [0.29, 0.717) is 0 Å². The van der Waals surface area contributed by atoms with Gasteiger partial charge in [0.25, 0.3) is 0 Å². The minimum Gasteiger partial charge on any atom is -0.309 e. The number of benzene rings is 8. The lowest BCUT2D eigenvalue weighted by Crippen LogP contribution is -2.25. The van der Waals surface area contributed by atoms with Gasteiger partial charge in [-0.3, -0.25) is 4.98 Å². The van der Waals surface area contributed by atoms with Crippen molar-refractivity contribution in [2.45, 2.75) is 0 Å². The van der Waals surface area contributed by atoms with Crippen LogP contribution in [0.15, 0.2) is 207 Å². The van der Waals surface area contributed by atoms with E-state index in [1.165, 1.54) is 20.2 Å². The van der Waals surface area contributed by atoms with E-state index in [1.54, 1.807) is 11.3 Å². The first-order valence-corrected chi connectivity index (χ1v) is 22.3. The summed E-state index contributed by atoms with van der Waals surface area (Å²) in [6.07, 6.45) is 3.82. The number of fused-ring (bicyclic) bond motifs is 9. The Morgan fingerprint density at radius 1 is 0.390 bits per heavy atom. The summed E-state index contributed by atoms with van der Waals surface area (Å²) in [4.78, 5) is 4.38. The van der Waals surface area contributed by atoms with E-state index >= 15 is 4.57 Å². The molecular formula is C53H34N3OPS. The molecule has 0 amide bonds. The number of rotatable bonds is 6. The van der Waals surface area contributed by atoms with Crippen LogP contribution in [-0.2, 0) is 4.57 Å². The molecule has 8 aromatic carbocycles. The maximum absolute atomic E-state index is 16.7. The standard InChI is InChI=1S/C53H34N3OPS/c57-58(39-17-11-14-36(30-39)35-12-3-1-4-13-35,40-23-25-50-45(32-40)42-18-7-9-20-48(42)55(50)37-15-5-2-6-16-37)41-24-26-51-46(33-41)43-19-8-10-21-49(43)56(51)38-22-27-52-47(31-38)44-28-29-54-34-53(44)59-52/h1-34H. The van der Waals surface area contributed by atoms with Gasteiger partial charge in [0.1, 0.15) is 0 Å². The fourth-order valence-electron chi connectivity index (χ4n) is 9.16. The lowest BCUT2D eigenvalue weighted by molar-refractivity contribution is 0.592. The largest absolute Gasteiger partial charge is 0.309 e. The third kappa shape index (κ3) is 5.22. The van der Waals surface area contributed by atoms with Crippen molar-refractivity contribution in [3.05, 3.63) is 207 Å². The molecule has 1 unspecified atom stereocenters. The highest BCUT2D eigenvalue weighted by atomic mass is 32.1. The lowest BCUT2D eigenvalue weighted by Gasteiger charge is -2.22. The molecule has 12 aromatic rings. The molecule has 0 bridgehead atoms. The molecule has 0 N–H and O–H groups in total. The number of aromatic nitrogens is 3. The van der Waals surface area contributed by atoms with Crippen LogP contribution >= 0.6 is 18.5 Å². The maximum atomic E-state index is 16.7. The van der Waals surface area contributed by atoms with Crippen molar-refractivity contribution >= 4 is 98.2 Å². The van der Waals surface area contributed by atoms with E-state index in [9.17, 15) is 0 Å². The molecule has 4 heterocycles. The Morgan fingerprint density at radius 3 is 1.66 bits per heavy atom. The second-order valence-corrected chi connectivity index (χ2v) is 19.0. The number of hydrogen-bond donors (Lipinski definition) is 0. The molecular weight excluding hydrogens is 758 g/mol. The molecule has 0 aliphatic rings. The van der Waals surface area contributed by atoms with Crippen LogP contribution in [0.1, 0.15) is 0 Å². The van der Waals surface area contributed by atoms with Crippen LogP contribution in [0.25, 0.3) is 86.3 Å². The van der Waals surface area contributed by atoms with E-state index in [-0.39, 0.29) is 0 Å². The fourth-order valence-corrected chi connectivity index (χ4v) is 12.9. The topological polar surface area (TPSA) is 39.8 Å². The van der Waals surface area contributed by atoms with Gasteiger partial charge < -0.3 is 13.7 Å². The number of thiophene rings is 1. The Balaban J connectivity index is 1.11. The highest BCUT2D eigenvalue weighted by Gasteiger charge is 2.32. The van der Waals surface area contributed by atoms with Crippen molar-refractivity contribution in [3.63, 3.8) is 0 Å². The first-order valence-electron chi connectivity index (χ1n) is 19.8. The molecule has 0 aliphatic heterocycles. The third-order valence-electron chi connectivity index (χ3n) is 11.9. The maximum Gasteiger partial charge on any atom is 0.171 e. The number of para-hydroxylation sites is 3. The lowest BCUT2D eigenvalue weighted by atomic mass is 10.1. The Labute approximate surface area is 344 Å². The molecule has 0 spiro atoms. The molecule has 4 aromatic heterocycles. The SMILES string of the molecule is O=P(c1cccc(-c2ccccc2)c1)(c1ccc2c(c1)c1ccccc1n2-c1ccccc1)c1ccc2c(c1)c1ccccc1n2-c1ccc2sc3cnccc3c2c1. The van der Waals surface area contributed by atoms with Gasteiger partial charge in [-0.15, -0.1) is 11.3 Å². The summed E-state index contributed by atoms with van der Waals surface area (Å²) >= 11 is 1.77. The second-order valence-electron chi connectivity index (χ2n) is 15.1. The number of nitrogens with zero attached hydrogens (tertiary/aromatic N) is 3. The van der Waals surface area contributed by atoms with E-state index in [2.05, 4.69) is 190 Å². The Hall–Kier alpha value is -7.04. The normalized spacial score (nSPS) is 12.9. The average Bonchev–Trinajstić information content (AvgIpc) is 3.96. The Morgan fingerprint density at radius 2 is 0.966 bits per heavy atom. The minimum atomic E-state index is -3.49. The summed E-state index contributed by atoms with van der Waals surface area (Å²) in [6, 6.07) is 68.1. The van der Waals surface area contributed by atoms with E-state index in [4.69, 9.17) is 0 Å². The van der Waals surface area contributed by atoms with Gasteiger partial charge in [-0.1, -0.05) is 103 Å². The van der Waals surface area contributed by atoms with Gasteiger partial charge >= 0.3 is 0 Å². The first-order chi connectivity index (χ1) is 29.1. The summed E-state index contributed by atoms with van der Waals surface area (Å²) in [6.45, 7) is 0. The monoisotopic (exact) mass is 791 g/mol.